The standard InChI is InChI=1S/C26H33N3O2/c1-17-18(2)27-11-10-23(17)28-15-20-14-21(16-28)25(29-24(20)8-5-9-26(29)30)13-19-6-4-7-22(12-19)31-3/h4,6-7,10-12,20-21,24-25H,5,8-9,13-16H2,1-3H3/t20-,21+,24+,25+/m1/s1. The minimum atomic E-state index is 0.257. The van der Waals surface area contributed by atoms with Gasteiger partial charge in [0.25, 0.3) is 0 Å². The number of rotatable bonds is 4. The van der Waals surface area contributed by atoms with Crippen LogP contribution < -0.4 is 9.64 Å². The lowest BCUT2D eigenvalue weighted by Crippen LogP contribution is -2.65. The van der Waals surface area contributed by atoms with E-state index < -0.39 is 0 Å². The van der Waals surface area contributed by atoms with Crippen LogP contribution in [0.15, 0.2) is 36.5 Å². The third-order valence-corrected chi connectivity index (χ3v) is 7.84. The molecule has 0 aliphatic carbocycles. The third-order valence-electron chi connectivity index (χ3n) is 7.84. The maximum atomic E-state index is 13.1. The van der Waals surface area contributed by atoms with Gasteiger partial charge >= 0.3 is 0 Å². The molecule has 2 bridgehead atoms. The normalized spacial score (nSPS) is 27.8. The van der Waals surface area contributed by atoms with Gasteiger partial charge in [0.1, 0.15) is 5.75 Å². The van der Waals surface area contributed by atoms with Crippen LogP contribution in [-0.2, 0) is 11.2 Å². The predicted molar refractivity (Wildman–Crippen MR) is 122 cm³/mol. The smallest absolute Gasteiger partial charge is 0.223 e. The van der Waals surface area contributed by atoms with Gasteiger partial charge in [-0.25, -0.2) is 0 Å². The molecular weight excluding hydrogens is 386 g/mol. The minimum absolute atomic E-state index is 0.257. The van der Waals surface area contributed by atoms with Gasteiger partial charge in [-0.15, -0.1) is 0 Å². The molecule has 5 rings (SSSR count). The van der Waals surface area contributed by atoms with Crippen molar-refractivity contribution in [2.24, 2.45) is 11.8 Å². The SMILES string of the molecule is COc1cccc(C[C@H]2[C@H]3C[C@H](CN(c4ccnc(C)c4C)C3)[C@@H]3CCCC(=O)N32)c1. The average molecular weight is 420 g/mol. The number of hydrogen-bond donors (Lipinski definition) is 0. The molecule has 1 aromatic heterocycles. The number of methoxy groups -OCH3 is 1. The van der Waals surface area contributed by atoms with E-state index in [2.05, 4.69) is 52.9 Å². The summed E-state index contributed by atoms with van der Waals surface area (Å²) in [4.78, 5) is 22.5. The van der Waals surface area contributed by atoms with Crippen LogP contribution in [-0.4, -0.2) is 48.1 Å². The molecule has 0 saturated carbocycles. The van der Waals surface area contributed by atoms with E-state index >= 15 is 0 Å². The highest BCUT2D eigenvalue weighted by molar-refractivity contribution is 5.78. The van der Waals surface area contributed by atoms with E-state index in [-0.39, 0.29) is 6.04 Å². The number of benzene rings is 1. The number of pyridine rings is 1. The Morgan fingerprint density at radius 2 is 2.00 bits per heavy atom. The number of carbonyl (C=O) groups is 1. The molecule has 3 fully saturated rings. The van der Waals surface area contributed by atoms with Gasteiger partial charge in [0.05, 0.1) is 7.11 Å². The van der Waals surface area contributed by atoms with Crippen molar-refractivity contribution >= 4 is 11.6 Å². The summed E-state index contributed by atoms with van der Waals surface area (Å²) in [5.41, 5.74) is 4.96. The molecule has 4 heterocycles. The molecule has 5 nitrogen and oxygen atoms in total. The molecule has 5 heteroatoms. The first-order valence-corrected chi connectivity index (χ1v) is 11.7. The number of hydrogen-bond acceptors (Lipinski definition) is 4. The summed E-state index contributed by atoms with van der Waals surface area (Å²) in [7, 11) is 1.71. The molecular formula is C26H33N3O2. The van der Waals surface area contributed by atoms with Gasteiger partial charge in [-0.05, 0) is 80.7 Å². The second kappa shape index (κ2) is 8.18. The number of anilines is 1. The Morgan fingerprint density at radius 1 is 1.16 bits per heavy atom. The minimum Gasteiger partial charge on any atom is -0.497 e. The summed E-state index contributed by atoms with van der Waals surface area (Å²) >= 11 is 0. The predicted octanol–water partition coefficient (Wildman–Crippen LogP) is 4.16. The molecule has 4 atom stereocenters. The van der Waals surface area contributed by atoms with E-state index in [1.807, 2.05) is 12.3 Å². The summed E-state index contributed by atoms with van der Waals surface area (Å²) in [5.74, 6) is 2.29. The first-order chi connectivity index (χ1) is 15.0. The zero-order valence-electron chi connectivity index (χ0n) is 18.9. The summed E-state index contributed by atoms with van der Waals surface area (Å²) < 4.78 is 5.46. The van der Waals surface area contributed by atoms with Crippen LogP contribution in [0, 0.1) is 25.7 Å². The topological polar surface area (TPSA) is 45.7 Å². The van der Waals surface area contributed by atoms with Crippen molar-refractivity contribution in [1.29, 1.82) is 0 Å². The Hall–Kier alpha value is -2.56. The van der Waals surface area contributed by atoms with Crippen molar-refractivity contribution in [3.63, 3.8) is 0 Å². The second-order valence-electron chi connectivity index (χ2n) is 9.58. The fourth-order valence-corrected chi connectivity index (χ4v) is 6.24. The number of fused-ring (bicyclic) bond motifs is 4. The van der Waals surface area contributed by atoms with Crippen LogP contribution in [0.5, 0.6) is 5.75 Å². The Labute approximate surface area is 185 Å². The van der Waals surface area contributed by atoms with Gasteiger partial charge in [0.15, 0.2) is 0 Å². The Kier molecular flexibility index (Phi) is 5.37. The highest BCUT2D eigenvalue weighted by atomic mass is 16.5. The van der Waals surface area contributed by atoms with Gasteiger partial charge in [-0.2, -0.15) is 0 Å². The molecule has 0 unspecified atom stereocenters. The van der Waals surface area contributed by atoms with E-state index in [4.69, 9.17) is 4.74 Å². The Balaban J connectivity index is 1.48. The molecule has 3 aliphatic heterocycles. The number of piperidine rings is 3. The molecule has 3 aliphatic rings. The summed E-state index contributed by atoms with van der Waals surface area (Å²) in [6.45, 7) is 6.33. The van der Waals surface area contributed by atoms with E-state index in [0.29, 0.717) is 30.2 Å². The quantitative estimate of drug-likeness (QED) is 0.747. The molecule has 31 heavy (non-hydrogen) atoms. The van der Waals surface area contributed by atoms with Gasteiger partial charge < -0.3 is 14.5 Å². The lowest BCUT2D eigenvalue weighted by molar-refractivity contribution is -0.148. The number of carbonyl (C=O) groups excluding carboxylic acids is 1. The van der Waals surface area contributed by atoms with E-state index in [1.54, 1.807) is 7.11 Å². The van der Waals surface area contributed by atoms with Gasteiger partial charge in [-0.3, -0.25) is 9.78 Å². The summed E-state index contributed by atoms with van der Waals surface area (Å²) in [6.07, 6.45) is 6.94. The number of amides is 1. The van der Waals surface area contributed by atoms with Crippen molar-refractivity contribution in [1.82, 2.24) is 9.88 Å². The molecule has 164 valence electrons. The van der Waals surface area contributed by atoms with Gasteiger partial charge in [0, 0.05) is 49.2 Å². The zero-order chi connectivity index (χ0) is 21.5. The van der Waals surface area contributed by atoms with Crippen molar-refractivity contribution in [3.8, 4) is 5.75 Å². The lowest BCUT2D eigenvalue weighted by Gasteiger charge is -2.57. The molecule has 1 amide bonds. The van der Waals surface area contributed by atoms with Crippen LogP contribution in [0.4, 0.5) is 5.69 Å². The van der Waals surface area contributed by atoms with Gasteiger partial charge in [0.2, 0.25) is 5.91 Å². The second-order valence-corrected chi connectivity index (χ2v) is 9.58. The van der Waals surface area contributed by atoms with E-state index in [1.165, 1.54) is 23.2 Å². The zero-order valence-corrected chi connectivity index (χ0v) is 18.9. The van der Waals surface area contributed by atoms with E-state index in [9.17, 15) is 4.79 Å². The number of nitrogens with zero attached hydrogens (tertiary/aromatic N) is 3. The van der Waals surface area contributed by atoms with Crippen molar-refractivity contribution in [2.45, 2.75) is 58.0 Å². The van der Waals surface area contributed by atoms with Crippen LogP contribution in [0.1, 0.15) is 42.5 Å². The lowest BCUT2D eigenvalue weighted by atomic mass is 9.70. The van der Waals surface area contributed by atoms with Crippen LogP contribution in [0.2, 0.25) is 0 Å². The number of ether oxygens (including phenoxy) is 1. The maximum Gasteiger partial charge on any atom is 0.223 e. The summed E-state index contributed by atoms with van der Waals surface area (Å²) in [6, 6.07) is 11.2. The fraction of sp³-hybridized carbons (Fsp3) is 0.538. The Morgan fingerprint density at radius 3 is 2.84 bits per heavy atom. The number of aromatic nitrogens is 1. The summed E-state index contributed by atoms with van der Waals surface area (Å²) in [5, 5.41) is 0. The molecule has 1 aromatic carbocycles. The first kappa shape index (κ1) is 20.3. The molecule has 0 spiro atoms. The molecule has 0 radical (unpaired) electrons. The van der Waals surface area contributed by atoms with Crippen molar-refractivity contribution in [3.05, 3.63) is 53.3 Å². The highest BCUT2D eigenvalue weighted by Crippen LogP contribution is 2.44. The first-order valence-electron chi connectivity index (χ1n) is 11.7. The van der Waals surface area contributed by atoms with Gasteiger partial charge in [-0.1, -0.05) is 12.1 Å². The Bertz CT molecular complexity index is 975. The highest BCUT2D eigenvalue weighted by Gasteiger charge is 2.49. The monoisotopic (exact) mass is 419 g/mol. The fourth-order valence-electron chi connectivity index (χ4n) is 6.24. The molecule has 2 aromatic rings. The molecule has 3 saturated heterocycles. The van der Waals surface area contributed by atoms with E-state index in [0.717, 1.165) is 43.8 Å². The largest absolute Gasteiger partial charge is 0.497 e. The number of aryl methyl sites for hydroxylation is 1. The van der Waals surface area contributed by atoms with Crippen molar-refractivity contribution < 1.29 is 9.53 Å². The van der Waals surface area contributed by atoms with Crippen molar-refractivity contribution in [2.75, 3.05) is 25.1 Å². The average Bonchev–Trinajstić information content (AvgIpc) is 2.78. The molecule has 0 N–H and O–H groups in total. The van der Waals surface area contributed by atoms with Crippen LogP contribution >= 0.6 is 0 Å². The maximum absolute atomic E-state index is 13.1. The van der Waals surface area contributed by atoms with Crippen LogP contribution in [0.3, 0.4) is 0 Å². The van der Waals surface area contributed by atoms with Crippen LogP contribution in [0.25, 0.3) is 0 Å². The third kappa shape index (κ3) is 3.68.